The molecule has 0 fully saturated rings. The number of likely N-dealkylation sites (N-methyl/N-ethyl adjacent to an activating group) is 1. The summed E-state index contributed by atoms with van der Waals surface area (Å²) < 4.78 is 23.7. The molecule has 3 N–H and O–H groups in total. The maximum atomic E-state index is 13.0. The monoisotopic (exact) mass is 1070 g/mol. The van der Waals surface area contributed by atoms with Crippen LogP contribution in [0.15, 0.2) is 109 Å². The molecule has 0 spiro atoms. The van der Waals surface area contributed by atoms with E-state index in [4.69, 9.17) is 9.05 Å². The molecule has 0 rings (SSSR count). The maximum Gasteiger partial charge on any atom is 0.472 e. The van der Waals surface area contributed by atoms with Gasteiger partial charge < -0.3 is 19.8 Å². The van der Waals surface area contributed by atoms with E-state index in [-0.39, 0.29) is 19.1 Å². The Morgan fingerprint density at radius 1 is 0.467 bits per heavy atom. The van der Waals surface area contributed by atoms with Crippen molar-refractivity contribution in [2.75, 3.05) is 40.9 Å². The summed E-state index contributed by atoms with van der Waals surface area (Å²) in [7, 11) is 1.57. The molecule has 0 aromatic rings. The zero-order valence-electron chi connectivity index (χ0n) is 49.3. The first-order valence-corrected chi connectivity index (χ1v) is 32.3. The van der Waals surface area contributed by atoms with Crippen molar-refractivity contribution in [3.8, 4) is 0 Å². The van der Waals surface area contributed by atoms with Gasteiger partial charge in [-0.25, -0.2) is 4.57 Å². The lowest BCUT2D eigenvalue weighted by Gasteiger charge is -2.25. The van der Waals surface area contributed by atoms with Crippen molar-refractivity contribution in [1.29, 1.82) is 0 Å². The molecule has 3 atom stereocenters. The number of carbonyl (C=O) groups excluding carboxylic acids is 1. The van der Waals surface area contributed by atoms with E-state index in [1.54, 1.807) is 6.08 Å². The lowest BCUT2D eigenvalue weighted by atomic mass is 10.0. The third-order valence-electron chi connectivity index (χ3n) is 13.2. The molecule has 0 aliphatic heterocycles. The summed E-state index contributed by atoms with van der Waals surface area (Å²) in [5.41, 5.74) is 0. The summed E-state index contributed by atoms with van der Waals surface area (Å²) >= 11 is 0. The van der Waals surface area contributed by atoms with Crippen LogP contribution < -0.4 is 5.32 Å². The maximum absolute atomic E-state index is 13.0. The molecular weight excluding hydrogens is 948 g/mol. The van der Waals surface area contributed by atoms with Gasteiger partial charge in [0, 0.05) is 6.42 Å². The minimum atomic E-state index is -4.35. The Kier molecular flexibility index (Phi) is 53.8. The van der Waals surface area contributed by atoms with E-state index in [2.05, 4.69) is 116 Å². The summed E-state index contributed by atoms with van der Waals surface area (Å²) in [6.45, 7) is 4.70. The molecule has 0 saturated carbocycles. The number of hydrogen-bond donors (Lipinski definition) is 3. The van der Waals surface area contributed by atoms with Gasteiger partial charge in [0.15, 0.2) is 0 Å². The van der Waals surface area contributed by atoms with Gasteiger partial charge in [-0.1, -0.05) is 271 Å². The van der Waals surface area contributed by atoms with Crippen LogP contribution in [-0.2, 0) is 18.4 Å². The number of hydrogen-bond acceptors (Lipinski definition) is 5. The zero-order chi connectivity index (χ0) is 54.9. The summed E-state index contributed by atoms with van der Waals surface area (Å²) in [5.74, 6) is -0.181. The second-order valence-corrected chi connectivity index (χ2v) is 23.2. The predicted molar refractivity (Wildman–Crippen MR) is 327 cm³/mol. The third-order valence-corrected chi connectivity index (χ3v) is 14.2. The van der Waals surface area contributed by atoms with E-state index >= 15 is 0 Å². The van der Waals surface area contributed by atoms with Crippen LogP contribution in [0.2, 0.25) is 0 Å². The summed E-state index contributed by atoms with van der Waals surface area (Å²) in [5, 5.41) is 13.9. The number of nitrogens with one attached hydrogen (secondary N) is 1. The number of carbonyl (C=O) groups is 1. The molecule has 0 aromatic heterocycles. The van der Waals surface area contributed by atoms with Gasteiger partial charge in [0.2, 0.25) is 5.91 Å². The number of unbranched alkanes of at least 4 members (excludes halogenated alkanes) is 26. The summed E-state index contributed by atoms with van der Waals surface area (Å²) in [6, 6.07) is -0.852. The lowest BCUT2D eigenvalue weighted by Crippen LogP contribution is -2.45. The van der Waals surface area contributed by atoms with Crippen LogP contribution >= 0.6 is 7.82 Å². The second kappa shape index (κ2) is 55.9. The number of amides is 1. The Morgan fingerprint density at radius 3 is 1.17 bits per heavy atom. The molecule has 0 heterocycles. The highest BCUT2D eigenvalue weighted by atomic mass is 31.2. The standard InChI is InChI=1S/C66H117N2O6P/c1-6-8-10-12-14-16-18-20-22-23-24-25-26-27-28-29-30-31-32-33-34-35-36-37-38-39-40-41-42-43-44-45-46-48-50-52-54-56-58-60-66(70)67-64(63-74-75(71,72)73-62-61-68(3,4)5)65(69)59-57-55-53-51-49-47-21-19-17-15-13-11-9-7-2/h8,10,14,16,20,22,24-25,27-28,30-31,33-34,36-37,57,59,64-65,69H,6-7,9,11-13,15,17-19,21,23,26,29,32,35,38-56,58,60-63H2,1-5H3,(H-,67,70,71,72)/p+1/b10-8-,16-14-,22-20-,25-24-,28-27-,31-30-,34-33-,37-36-,59-57+. The van der Waals surface area contributed by atoms with Crippen LogP contribution in [-0.4, -0.2) is 73.4 Å². The van der Waals surface area contributed by atoms with E-state index in [0.717, 1.165) is 89.9 Å². The molecule has 0 aromatic carbocycles. The van der Waals surface area contributed by atoms with Crippen LogP contribution in [0, 0.1) is 0 Å². The number of phosphoric ester groups is 1. The topological polar surface area (TPSA) is 105 Å². The number of aliphatic hydroxyl groups excluding tert-OH is 1. The van der Waals surface area contributed by atoms with Gasteiger partial charge >= 0.3 is 7.82 Å². The van der Waals surface area contributed by atoms with Crippen molar-refractivity contribution >= 4 is 13.7 Å². The summed E-state index contributed by atoms with van der Waals surface area (Å²) in [6.07, 6.45) is 82.0. The average molecular weight is 1070 g/mol. The minimum absolute atomic E-state index is 0.0581. The van der Waals surface area contributed by atoms with Gasteiger partial charge in [-0.05, 0) is 83.5 Å². The Hall–Kier alpha value is -2.84. The Morgan fingerprint density at radius 2 is 0.800 bits per heavy atom. The molecule has 9 heteroatoms. The SMILES string of the molecule is CC/C=C\C/C=C\C/C=C\C/C=C\C/C=C\C/C=C\C/C=C\C/C=C\CCCCCCCCCCCCCCCCC(=O)NC(COP(=O)(O)OCC[N+](C)(C)C)C(O)/C=C/CCCCCCCCCCCCCC. The lowest BCUT2D eigenvalue weighted by molar-refractivity contribution is -0.870. The first-order chi connectivity index (χ1) is 36.5. The molecule has 0 radical (unpaired) electrons. The Bertz CT molecular complexity index is 1590. The molecule has 432 valence electrons. The molecule has 8 nitrogen and oxygen atoms in total. The van der Waals surface area contributed by atoms with Gasteiger partial charge in [0.1, 0.15) is 13.2 Å². The minimum Gasteiger partial charge on any atom is -0.387 e. The average Bonchev–Trinajstić information content (AvgIpc) is 3.37. The van der Waals surface area contributed by atoms with Crippen LogP contribution in [0.25, 0.3) is 0 Å². The Balaban J connectivity index is 4.04. The van der Waals surface area contributed by atoms with Crippen LogP contribution in [0.3, 0.4) is 0 Å². The molecule has 0 aliphatic rings. The van der Waals surface area contributed by atoms with Crippen molar-refractivity contribution in [2.24, 2.45) is 0 Å². The molecule has 0 bridgehead atoms. The van der Waals surface area contributed by atoms with Crippen LogP contribution in [0.4, 0.5) is 0 Å². The van der Waals surface area contributed by atoms with Crippen LogP contribution in [0.5, 0.6) is 0 Å². The number of allylic oxidation sites excluding steroid dienone is 17. The fourth-order valence-corrected chi connectivity index (χ4v) is 9.21. The molecule has 3 unspecified atom stereocenters. The molecule has 0 saturated heterocycles. The number of phosphoric acid groups is 1. The number of aliphatic hydroxyl groups is 1. The zero-order valence-corrected chi connectivity index (χ0v) is 50.1. The van der Waals surface area contributed by atoms with E-state index in [9.17, 15) is 19.4 Å². The number of quaternary nitrogens is 1. The smallest absolute Gasteiger partial charge is 0.387 e. The van der Waals surface area contributed by atoms with Crippen molar-refractivity contribution in [3.05, 3.63) is 109 Å². The van der Waals surface area contributed by atoms with E-state index in [1.165, 1.54) is 141 Å². The van der Waals surface area contributed by atoms with Crippen molar-refractivity contribution < 1.29 is 32.9 Å². The molecule has 75 heavy (non-hydrogen) atoms. The van der Waals surface area contributed by atoms with Gasteiger partial charge in [0.25, 0.3) is 0 Å². The predicted octanol–water partition coefficient (Wildman–Crippen LogP) is 19.2. The largest absolute Gasteiger partial charge is 0.472 e. The van der Waals surface area contributed by atoms with E-state index in [1.807, 2.05) is 27.2 Å². The van der Waals surface area contributed by atoms with Gasteiger partial charge in [-0.2, -0.15) is 0 Å². The van der Waals surface area contributed by atoms with E-state index in [0.29, 0.717) is 17.4 Å². The molecule has 1 amide bonds. The quantitative estimate of drug-likeness (QED) is 0.0243. The highest BCUT2D eigenvalue weighted by Crippen LogP contribution is 2.43. The normalized spacial score (nSPS) is 14.6. The van der Waals surface area contributed by atoms with Crippen molar-refractivity contribution in [3.63, 3.8) is 0 Å². The van der Waals surface area contributed by atoms with Crippen molar-refractivity contribution in [2.45, 2.75) is 264 Å². The first kappa shape index (κ1) is 72.2. The van der Waals surface area contributed by atoms with Crippen LogP contribution in [0.1, 0.15) is 251 Å². The number of rotatable bonds is 55. The van der Waals surface area contributed by atoms with Gasteiger partial charge in [-0.15, -0.1) is 0 Å². The second-order valence-electron chi connectivity index (χ2n) is 21.7. The van der Waals surface area contributed by atoms with E-state index < -0.39 is 20.0 Å². The summed E-state index contributed by atoms with van der Waals surface area (Å²) in [4.78, 5) is 23.3. The first-order valence-electron chi connectivity index (χ1n) is 30.8. The van der Waals surface area contributed by atoms with Gasteiger partial charge in [-0.3, -0.25) is 13.8 Å². The van der Waals surface area contributed by atoms with Gasteiger partial charge in [0.05, 0.1) is 39.9 Å². The van der Waals surface area contributed by atoms with Crippen molar-refractivity contribution in [1.82, 2.24) is 5.32 Å². The third kappa shape index (κ3) is 58.7. The molecular formula is C66H118N2O6P+. The highest BCUT2D eigenvalue weighted by molar-refractivity contribution is 7.47. The highest BCUT2D eigenvalue weighted by Gasteiger charge is 2.27. The number of nitrogens with zero attached hydrogens (tertiary/aromatic N) is 1. The Labute approximate surface area is 463 Å². The fourth-order valence-electron chi connectivity index (χ4n) is 8.47. The fraction of sp³-hybridized carbons (Fsp3) is 0.712. The molecule has 0 aliphatic carbocycles.